The SMILES string of the molecule is Cn1cnc(N)c1S(=O)(=O)NCCCn1ccnn1. The highest BCUT2D eigenvalue weighted by Gasteiger charge is 2.21. The molecule has 0 spiro atoms. The summed E-state index contributed by atoms with van der Waals surface area (Å²) in [5, 5.41) is 7.42. The summed E-state index contributed by atoms with van der Waals surface area (Å²) >= 11 is 0. The number of rotatable bonds is 6. The maximum absolute atomic E-state index is 12.0. The van der Waals surface area contributed by atoms with Gasteiger partial charge in [0.1, 0.15) is 0 Å². The molecule has 104 valence electrons. The van der Waals surface area contributed by atoms with E-state index >= 15 is 0 Å². The van der Waals surface area contributed by atoms with Crippen LogP contribution in [-0.4, -0.2) is 39.5 Å². The number of anilines is 1. The normalized spacial score (nSPS) is 11.8. The highest BCUT2D eigenvalue weighted by atomic mass is 32.2. The number of nitrogens with one attached hydrogen (secondary N) is 1. The first kappa shape index (κ1) is 13.5. The van der Waals surface area contributed by atoms with E-state index < -0.39 is 10.0 Å². The fraction of sp³-hybridized carbons (Fsp3) is 0.444. The van der Waals surface area contributed by atoms with Crippen molar-refractivity contribution in [3.8, 4) is 0 Å². The van der Waals surface area contributed by atoms with Crippen LogP contribution in [0.25, 0.3) is 0 Å². The monoisotopic (exact) mass is 285 g/mol. The van der Waals surface area contributed by atoms with Gasteiger partial charge in [-0.15, -0.1) is 5.10 Å². The van der Waals surface area contributed by atoms with E-state index in [0.29, 0.717) is 13.0 Å². The molecule has 3 N–H and O–H groups in total. The molecule has 10 heteroatoms. The third-order valence-electron chi connectivity index (χ3n) is 2.49. The lowest BCUT2D eigenvalue weighted by Gasteiger charge is -2.07. The Morgan fingerprint density at radius 3 is 2.84 bits per heavy atom. The minimum absolute atomic E-state index is 0.00808. The number of aromatic nitrogens is 5. The Labute approximate surface area is 110 Å². The molecule has 0 bridgehead atoms. The summed E-state index contributed by atoms with van der Waals surface area (Å²) in [4.78, 5) is 3.75. The molecule has 0 aliphatic rings. The summed E-state index contributed by atoms with van der Waals surface area (Å²) in [6.07, 6.45) is 5.24. The van der Waals surface area contributed by atoms with Crippen molar-refractivity contribution < 1.29 is 8.42 Å². The van der Waals surface area contributed by atoms with E-state index in [2.05, 4.69) is 20.0 Å². The zero-order valence-corrected chi connectivity index (χ0v) is 11.2. The van der Waals surface area contributed by atoms with Crippen LogP contribution in [0, 0.1) is 0 Å². The lowest BCUT2D eigenvalue weighted by atomic mass is 10.4. The quantitative estimate of drug-likeness (QED) is 0.654. The molecular formula is C9H15N7O2S. The van der Waals surface area contributed by atoms with Crippen LogP contribution in [0.4, 0.5) is 5.82 Å². The van der Waals surface area contributed by atoms with Gasteiger partial charge in [0.15, 0.2) is 10.8 Å². The average molecular weight is 285 g/mol. The molecule has 2 heterocycles. The van der Waals surface area contributed by atoms with Crippen molar-refractivity contribution in [1.82, 2.24) is 29.3 Å². The fourth-order valence-corrected chi connectivity index (χ4v) is 2.94. The number of nitrogens with two attached hydrogens (primary N) is 1. The minimum Gasteiger partial charge on any atom is -0.381 e. The molecule has 0 unspecified atom stereocenters. The number of imidazole rings is 1. The molecule has 0 radical (unpaired) electrons. The van der Waals surface area contributed by atoms with Crippen LogP contribution >= 0.6 is 0 Å². The van der Waals surface area contributed by atoms with Gasteiger partial charge in [-0.2, -0.15) is 0 Å². The Balaban J connectivity index is 1.92. The Hall–Kier alpha value is -1.94. The van der Waals surface area contributed by atoms with Gasteiger partial charge in [-0.05, 0) is 6.42 Å². The van der Waals surface area contributed by atoms with Crippen LogP contribution in [0.2, 0.25) is 0 Å². The molecule has 0 amide bonds. The Morgan fingerprint density at radius 1 is 1.47 bits per heavy atom. The second kappa shape index (κ2) is 5.36. The van der Waals surface area contributed by atoms with E-state index in [1.54, 1.807) is 24.1 Å². The molecule has 2 aromatic heterocycles. The highest BCUT2D eigenvalue weighted by molar-refractivity contribution is 7.89. The second-order valence-corrected chi connectivity index (χ2v) is 5.65. The maximum Gasteiger partial charge on any atom is 0.260 e. The van der Waals surface area contributed by atoms with E-state index in [0.717, 1.165) is 0 Å². The van der Waals surface area contributed by atoms with Gasteiger partial charge < -0.3 is 10.3 Å². The summed E-state index contributed by atoms with van der Waals surface area (Å²) in [5.74, 6) is -0.00808. The van der Waals surface area contributed by atoms with Crippen LogP contribution in [0.5, 0.6) is 0 Å². The number of hydrogen-bond acceptors (Lipinski definition) is 6. The zero-order valence-electron chi connectivity index (χ0n) is 10.4. The highest BCUT2D eigenvalue weighted by Crippen LogP contribution is 2.14. The Kier molecular flexibility index (Phi) is 3.81. The summed E-state index contributed by atoms with van der Waals surface area (Å²) in [6.45, 7) is 0.871. The summed E-state index contributed by atoms with van der Waals surface area (Å²) in [7, 11) is -2.06. The van der Waals surface area contributed by atoms with E-state index in [9.17, 15) is 8.42 Å². The summed E-state index contributed by atoms with van der Waals surface area (Å²) in [6, 6.07) is 0. The third kappa shape index (κ3) is 3.09. The van der Waals surface area contributed by atoms with Gasteiger partial charge in [0, 0.05) is 26.3 Å². The second-order valence-electron chi connectivity index (χ2n) is 3.96. The Bertz CT molecular complexity index is 612. The van der Waals surface area contributed by atoms with Crippen LogP contribution in [0.15, 0.2) is 23.7 Å². The van der Waals surface area contributed by atoms with Crippen molar-refractivity contribution in [2.24, 2.45) is 7.05 Å². The van der Waals surface area contributed by atoms with Crippen molar-refractivity contribution in [3.05, 3.63) is 18.7 Å². The topological polar surface area (TPSA) is 121 Å². The molecule has 9 nitrogen and oxygen atoms in total. The van der Waals surface area contributed by atoms with Crippen LogP contribution in [0.1, 0.15) is 6.42 Å². The van der Waals surface area contributed by atoms with Crippen molar-refractivity contribution in [2.45, 2.75) is 18.0 Å². The number of nitrogen functional groups attached to an aromatic ring is 1. The van der Waals surface area contributed by atoms with E-state index in [1.807, 2.05) is 0 Å². The number of sulfonamides is 1. The minimum atomic E-state index is -3.64. The molecule has 0 aliphatic heterocycles. The van der Waals surface area contributed by atoms with Gasteiger partial charge in [-0.1, -0.05) is 5.21 Å². The Morgan fingerprint density at radius 2 is 2.26 bits per heavy atom. The van der Waals surface area contributed by atoms with Gasteiger partial charge in [0.25, 0.3) is 10.0 Å². The van der Waals surface area contributed by atoms with Crippen LogP contribution in [-0.2, 0) is 23.6 Å². The molecular weight excluding hydrogens is 270 g/mol. The number of hydrogen-bond donors (Lipinski definition) is 2. The van der Waals surface area contributed by atoms with Crippen molar-refractivity contribution in [1.29, 1.82) is 0 Å². The standard InChI is InChI=1S/C9H15N7O2S/c1-15-7-11-8(10)9(15)19(17,18)13-3-2-5-16-6-4-12-14-16/h4,6-7,13H,2-3,5,10H2,1H3. The van der Waals surface area contributed by atoms with E-state index in [1.165, 1.54) is 10.9 Å². The first-order chi connectivity index (χ1) is 9.00. The van der Waals surface area contributed by atoms with Crippen molar-refractivity contribution in [2.75, 3.05) is 12.3 Å². The predicted octanol–water partition coefficient (Wildman–Crippen LogP) is -1.04. The average Bonchev–Trinajstić information content (AvgIpc) is 2.95. The van der Waals surface area contributed by atoms with E-state index in [-0.39, 0.29) is 17.4 Å². The molecule has 0 aromatic carbocycles. The van der Waals surface area contributed by atoms with Gasteiger partial charge >= 0.3 is 0 Å². The van der Waals surface area contributed by atoms with Gasteiger partial charge in [0.2, 0.25) is 0 Å². The lowest BCUT2D eigenvalue weighted by Crippen LogP contribution is -2.28. The van der Waals surface area contributed by atoms with Gasteiger partial charge in [-0.25, -0.2) is 18.1 Å². The zero-order chi connectivity index (χ0) is 13.9. The number of aryl methyl sites for hydroxylation is 2. The lowest BCUT2D eigenvalue weighted by molar-refractivity contribution is 0.539. The van der Waals surface area contributed by atoms with Crippen LogP contribution < -0.4 is 10.5 Å². The first-order valence-corrected chi connectivity index (χ1v) is 7.09. The third-order valence-corrected chi connectivity index (χ3v) is 4.08. The molecule has 0 fully saturated rings. The fourth-order valence-electron chi connectivity index (χ4n) is 1.63. The molecule has 0 atom stereocenters. The van der Waals surface area contributed by atoms with Crippen molar-refractivity contribution >= 4 is 15.8 Å². The molecule has 19 heavy (non-hydrogen) atoms. The largest absolute Gasteiger partial charge is 0.381 e. The predicted molar refractivity (Wildman–Crippen MR) is 67.4 cm³/mol. The maximum atomic E-state index is 12.0. The first-order valence-electron chi connectivity index (χ1n) is 5.61. The summed E-state index contributed by atoms with van der Waals surface area (Å²) < 4.78 is 29.5. The van der Waals surface area contributed by atoms with E-state index in [4.69, 9.17) is 5.73 Å². The van der Waals surface area contributed by atoms with Gasteiger partial charge in [0.05, 0.1) is 12.5 Å². The van der Waals surface area contributed by atoms with Gasteiger partial charge in [-0.3, -0.25) is 4.68 Å². The smallest absolute Gasteiger partial charge is 0.260 e. The molecule has 0 saturated carbocycles. The molecule has 0 aliphatic carbocycles. The van der Waals surface area contributed by atoms with Crippen LogP contribution in [0.3, 0.4) is 0 Å². The molecule has 2 rings (SSSR count). The molecule has 2 aromatic rings. The summed E-state index contributed by atoms with van der Waals surface area (Å²) in [5.41, 5.74) is 5.54. The number of nitrogens with zero attached hydrogens (tertiary/aromatic N) is 5. The van der Waals surface area contributed by atoms with Crippen molar-refractivity contribution in [3.63, 3.8) is 0 Å². The molecule has 0 saturated heterocycles.